The van der Waals surface area contributed by atoms with Gasteiger partial charge >= 0.3 is 0 Å². The molecule has 0 spiro atoms. The number of hydrogen-bond acceptors (Lipinski definition) is 3. The summed E-state index contributed by atoms with van der Waals surface area (Å²) in [5, 5.41) is 2.71. The Bertz CT molecular complexity index is 421. The van der Waals surface area contributed by atoms with Crippen LogP contribution in [0, 0.1) is 5.82 Å². The molecule has 0 bridgehead atoms. The first-order valence-corrected chi connectivity index (χ1v) is 6.28. The fourth-order valence-corrected chi connectivity index (χ4v) is 1.55. The first kappa shape index (κ1) is 15.4. The number of methoxy groups -OCH3 is 1. The van der Waals surface area contributed by atoms with Gasteiger partial charge in [0.25, 0.3) is 5.91 Å². The number of carbonyl (C=O) groups is 1. The van der Waals surface area contributed by atoms with Crippen LogP contribution >= 0.6 is 0 Å². The second-order valence-corrected chi connectivity index (χ2v) is 4.37. The number of nitrogens with one attached hydrogen (secondary N) is 1. The van der Waals surface area contributed by atoms with Gasteiger partial charge in [-0.2, -0.15) is 0 Å². The Balaban J connectivity index is 2.47. The number of benzene rings is 1. The Labute approximate surface area is 112 Å². The van der Waals surface area contributed by atoms with E-state index >= 15 is 0 Å². The lowest BCUT2D eigenvalue weighted by Gasteiger charge is -2.10. The molecule has 1 rings (SSSR count). The molecule has 0 aliphatic carbocycles. The maximum Gasteiger partial charge on any atom is 0.255 e. The average molecular weight is 269 g/mol. The van der Waals surface area contributed by atoms with E-state index in [0.717, 1.165) is 0 Å². The van der Waals surface area contributed by atoms with E-state index in [1.807, 2.05) is 13.8 Å². The summed E-state index contributed by atoms with van der Waals surface area (Å²) in [7, 11) is 1.44. The Morgan fingerprint density at radius 2 is 2.16 bits per heavy atom. The largest absolute Gasteiger partial charge is 0.496 e. The smallest absolute Gasteiger partial charge is 0.255 e. The molecule has 0 aromatic heterocycles. The highest BCUT2D eigenvalue weighted by Crippen LogP contribution is 2.18. The first-order chi connectivity index (χ1) is 9.04. The van der Waals surface area contributed by atoms with Gasteiger partial charge in [0, 0.05) is 13.2 Å². The maximum absolute atomic E-state index is 13.1. The van der Waals surface area contributed by atoms with Gasteiger partial charge in [0.15, 0.2) is 0 Å². The predicted octanol–water partition coefficient (Wildman–Crippen LogP) is 2.38. The van der Waals surface area contributed by atoms with Crippen molar-refractivity contribution in [1.82, 2.24) is 5.32 Å². The molecule has 0 heterocycles. The van der Waals surface area contributed by atoms with E-state index < -0.39 is 5.82 Å². The van der Waals surface area contributed by atoms with Gasteiger partial charge < -0.3 is 14.8 Å². The maximum atomic E-state index is 13.1. The number of carbonyl (C=O) groups excluding carboxylic acids is 1. The van der Waals surface area contributed by atoms with E-state index in [0.29, 0.717) is 25.3 Å². The van der Waals surface area contributed by atoms with Crippen LogP contribution in [0.15, 0.2) is 18.2 Å². The van der Waals surface area contributed by atoms with Gasteiger partial charge in [-0.15, -0.1) is 0 Å². The minimum absolute atomic E-state index is 0.180. The third-order valence-corrected chi connectivity index (χ3v) is 2.46. The zero-order valence-electron chi connectivity index (χ0n) is 11.5. The van der Waals surface area contributed by atoms with Crippen LogP contribution in [-0.4, -0.2) is 32.3 Å². The quantitative estimate of drug-likeness (QED) is 0.773. The molecule has 0 atom stereocenters. The average Bonchev–Trinajstić information content (AvgIpc) is 2.37. The van der Waals surface area contributed by atoms with Gasteiger partial charge in [0.2, 0.25) is 0 Å². The van der Waals surface area contributed by atoms with E-state index in [4.69, 9.17) is 9.47 Å². The van der Waals surface area contributed by atoms with Crippen molar-refractivity contribution < 1.29 is 18.7 Å². The summed E-state index contributed by atoms with van der Waals surface area (Å²) in [5.74, 6) is -0.452. The Kier molecular flexibility index (Phi) is 6.29. The molecule has 4 nitrogen and oxygen atoms in total. The van der Waals surface area contributed by atoms with Crippen molar-refractivity contribution in [2.45, 2.75) is 26.4 Å². The van der Waals surface area contributed by atoms with Crippen LogP contribution in [0.5, 0.6) is 5.75 Å². The van der Waals surface area contributed by atoms with Crippen molar-refractivity contribution in [2.75, 3.05) is 20.3 Å². The molecule has 0 unspecified atom stereocenters. The second kappa shape index (κ2) is 7.74. The van der Waals surface area contributed by atoms with Crippen LogP contribution in [0.3, 0.4) is 0 Å². The highest BCUT2D eigenvalue weighted by Gasteiger charge is 2.12. The molecule has 0 fully saturated rings. The van der Waals surface area contributed by atoms with Crippen LogP contribution in [0.1, 0.15) is 30.6 Å². The standard InChI is InChI=1S/C14H20FNO3/c1-10(2)19-8-4-7-16-14(17)12-9-11(15)5-6-13(12)18-3/h5-6,9-10H,4,7-8H2,1-3H3,(H,16,17). The van der Waals surface area contributed by atoms with Gasteiger partial charge in [-0.05, 0) is 38.5 Å². The summed E-state index contributed by atoms with van der Waals surface area (Å²) in [4.78, 5) is 11.9. The highest BCUT2D eigenvalue weighted by atomic mass is 19.1. The van der Waals surface area contributed by atoms with E-state index in [-0.39, 0.29) is 17.6 Å². The minimum atomic E-state index is -0.464. The Morgan fingerprint density at radius 3 is 2.79 bits per heavy atom. The molecule has 1 N–H and O–H groups in total. The van der Waals surface area contributed by atoms with E-state index in [1.165, 1.54) is 25.3 Å². The number of hydrogen-bond donors (Lipinski definition) is 1. The lowest BCUT2D eigenvalue weighted by molar-refractivity contribution is 0.0757. The molecular formula is C14H20FNO3. The monoisotopic (exact) mass is 269 g/mol. The normalized spacial score (nSPS) is 10.6. The lowest BCUT2D eigenvalue weighted by atomic mass is 10.2. The highest BCUT2D eigenvalue weighted by molar-refractivity contribution is 5.96. The Hall–Kier alpha value is -1.62. The summed E-state index contributed by atoms with van der Waals surface area (Å²) < 4.78 is 23.5. The SMILES string of the molecule is COc1ccc(F)cc1C(=O)NCCCOC(C)C. The number of rotatable bonds is 7. The minimum Gasteiger partial charge on any atom is -0.496 e. The van der Waals surface area contributed by atoms with Gasteiger partial charge in [0.05, 0.1) is 18.8 Å². The number of halogens is 1. The summed E-state index contributed by atoms with van der Waals surface area (Å²) in [6, 6.07) is 3.86. The molecule has 0 aliphatic heterocycles. The van der Waals surface area contributed by atoms with Crippen molar-refractivity contribution in [1.29, 1.82) is 0 Å². The van der Waals surface area contributed by atoms with Crippen molar-refractivity contribution in [2.24, 2.45) is 0 Å². The van der Waals surface area contributed by atoms with Crippen molar-refractivity contribution in [3.8, 4) is 5.75 Å². The van der Waals surface area contributed by atoms with E-state index in [2.05, 4.69) is 5.32 Å². The molecule has 106 valence electrons. The third-order valence-electron chi connectivity index (χ3n) is 2.46. The first-order valence-electron chi connectivity index (χ1n) is 6.28. The summed E-state index contributed by atoms with van der Waals surface area (Å²) >= 11 is 0. The van der Waals surface area contributed by atoms with Gasteiger partial charge in [-0.1, -0.05) is 0 Å². The van der Waals surface area contributed by atoms with Crippen LogP contribution in [0.2, 0.25) is 0 Å². The molecular weight excluding hydrogens is 249 g/mol. The molecule has 1 aromatic carbocycles. The summed E-state index contributed by atoms with van der Waals surface area (Å²) in [5.41, 5.74) is 0.201. The van der Waals surface area contributed by atoms with Gasteiger partial charge in [0.1, 0.15) is 11.6 Å². The van der Waals surface area contributed by atoms with Crippen molar-refractivity contribution in [3.63, 3.8) is 0 Å². The fraction of sp³-hybridized carbons (Fsp3) is 0.500. The topological polar surface area (TPSA) is 47.6 Å². The third kappa shape index (κ3) is 5.26. The van der Waals surface area contributed by atoms with Crippen LogP contribution < -0.4 is 10.1 Å². The van der Waals surface area contributed by atoms with Gasteiger partial charge in [-0.3, -0.25) is 4.79 Å². The number of ether oxygens (including phenoxy) is 2. The molecule has 0 saturated heterocycles. The number of amides is 1. The van der Waals surface area contributed by atoms with Crippen molar-refractivity contribution >= 4 is 5.91 Å². The van der Waals surface area contributed by atoms with E-state index in [9.17, 15) is 9.18 Å². The van der Waals surface area contributed by atoms with Crippen LogP contribution in [0.25, 0.3) is 0 Å². The molecule has 5 heteroatoms. The van der Waals surface area contributed by atoms with Crippen LogP contribution in [-0.2, 0) is 4.74 Å². The zero-order valence-corrected chi connectivity index (χ0v) is 11.5. The van der Waals surface area contributed by atoms with Crippen molar-refractivity contribution in [3.05, 3.63) is 29.6 Å². The second-order valence-electron chi connectivity index (χ2n) is 4.37. The summed E-state index contributed by atoms with van der Waals surface area (Å²) in [6.45, 7) is 4.97. The molecule has 0 radical (unpaired) electrons. The molecule has 1 amide bonds. The Morgan fingerprint density at radius 1 is 1.42 bits per heavy atom. The summed E-state index contributed by atoms with van der Waals surface area (Å²) in [6.07, 6.45) is 0.890. The molecule has 0 saturated carbocycles. The molecule has 0 aliphatic rings. The van der Waals surface area contributed by atoms with E-state index in [1.54, 1.807) is 0 Å². The van der Waals surface area contributed by atoms with Crippen LogP contribution in [0.4, 0.5) is 4.39 Å². The molecule has 1 aromatic rings. The lowest BCUT2D eigenvalue weighted by Crippen LogP contribution is -2.26. The zero-order chi connectivity index (χ0) is 14.3. The fourth-order valence-electron chi connectivity index (χ4n) is 1.55. The molecule has 19 heavy (non-hydrogen) atoms. The van der Waals surface area contributed by atoms with Gasteiger partial charge in [-0.25, -0.2) is 4.39 Å². The predicted molar refractivity (Wildman–Crippen MR) is 71.0 cm³/mol.